The molecule has 190 valence electrons. The quantitative estimate of drug-likeness (QED) is 0.330. The van der Waals surface area contributed by atoms with E-state index >= 15 is 0 Å². The van der Waals surface area contributed by atoms with Crippen LogP contribution in [0.25, 0.3) is 11.3 Å². The van der Waals surface area contributed by atoms with Gasteiger partial charge in [0.25, 0.3) is 5.91 Å². The number of pyridine rings is 1. The number of hydrogen-bond donors (Lipinski definition) is 1. The zero-order valence-electron chi connectivity index (χ0n) is 20.7. The first-order valence-corrected chi connectivity index (χ1v) is 11.8. The predicted octanol–water partition coefficient (Wildman–Crippen LogP) is 4.10. The van der Waals surface area contributed by atoms with E-state index in [0.29, 0.717) is 35.9 Å². The Bertz CT molecular complexity index is 1320. The van der Waals surface area contributed by atoms with Crippen LogP contribution in [-0.4, -0.2) is 47.6 Å². The lowest BCUT2D eigenvalue weighted by Crippen LogP contribution is -2.35. The summed E-state index contributed by atoms with van der Waals surface area (Å²) < 4.78 is 16.2. The van der Waals surface area contributed by atoms with Crippen molar-refractivity contribution in [1.29, 1.82) is 0 Å². The molecule has 0 saturated carbocycles. The molecule has 2 aromatic heterocycles. The van der Waals surface area contributed by atoms with Crippen LogP contribution in [0.2, 0.25) is 0 Å². The van der Waals surface area contributed by atoms with E-state index in [4.69, 9.17) is 14.0 Å². The fourth-order valence-corrected chi connectivity index (χ4v) is 3.76. The Morgan fingerprint density at radius 1 is 0.973 bits per heavy atom. The molecule has 0 aliphatic heterocycles. The Balaban J connectivity index is 1.49. The van der Waals surface area contributed by atoms with Crippen molar-refractivity contribution in [3.05, 3.63) is 95.9 Å². The summed E-state index contributed by atoms with van der Waals surface area (Å²) in [6, 6.07) is 20.1. The molecule has 37 heavy (non-hydrogen) atoms. The highest BCUT2D eigenvalue weighted by Gasteiger charge is 2.23. The molecule has 4 aromatic rings. The van der Waals surface area contributed by atoms with Gasteiger partial charge in [0.2, 0.25) is 5.91 Å². The van der Waals surface area contributed by atoms with Crippen LogP contribution in [0.15, 0.2) is 83.6 Å². The highest BCUT2D eigenvalue weighted by atomic mass is 16.5. The summed E-state index contributed by atoms with van der Waals surface area (Å²) in [6.45, 7) is 0.895. The number of hydrogen-bond acceptors (Lipinski definition) is 7. The van der Waals surface area contributed by atoms with Crippen LogP contribution in [0, 0.1) is 0 Å². The third kappa shape index (κ3) is 6.72. The van der Waals surface area contributed by atoms with Crippen molar-refractivity contribution in [2.75, 3.05) is 20.8 Å². The Labute approximate surface area is 215 Å². The van der Waals surface area contributed by atoms with Gasteiger partial charge in [0, 0.05) is 44.5 Å². The average molecular weight is 501 g/mol. The van der Waals surface area contributed by atoms with Gasteiger partial charge in [0.15, 0.2) is 11.5 Å². The molecule has 0 fully saturated rings. The molecule has 0 aliphatic carbocycles. The molecule has 0 bridgehead atoms. The van der Waals surface area contributed by atoms with Crippen molar-refractivity contribution in [3.63, 3.8) is 0 Å². The van der Waals surface area contributed by atoms with Crippen LogP contribution in [0.5, 0.6) is 11.5 Å². The Morgan fingerprint density at radius 3 is 2.51 bits per heavy atom. The fourth-order valence-electron chi connectivity index (χ4n) is 3.76. The second kappa shape index (κ2) is 12.3. The lowest BCUT2D eigenvalue weighted by atomic mass is 10.1. The van der Waals surface area contributed by atoms with Gasteiger partial charge in [-0.05, 0) is 35.4 Å². The largest absolute Gasteiger partial charge is 0.497 e. The summed E-state index contributed by atoms with van der Waals surface area (Å²) in [5, 5.41) is 6.89. The van der Waals surface area contributed by atoms with Gasteiger partial charge in [-0.1, -0.05) is 41.6 Å². The van der Waals surface area contributed by atoms with Crippen LogP contribution in [-0.2, 0) is 17.9 Å². The Morgan fingerprint density at radius 2 is 1.78 bits per heavy atom. The second-order valence-corrected chi connectivity index (χ2v) is 8.24. The van der Waals surface area contributed by atoms with Gasteiger partial charge in [-0.3, -0.25) is 14.6 Å². The van der Waals surface area contributed by atoms with Crippen molar-refractivity contribution < 1.29 is 23.6 Å². The molecule has 2 heterocycles. The highest BCUT2D eigenvalue weighted by molar-refractivity contribution is 5.93. The van der Waals surface area contributed by atoms with E-state index in [0.717, 1.165) is 11.1 Å². The maximum Gasteiger partial charge on any atom is 0.276 e. The van der Waals surface area contributed by atoms with E-state index in [1.54, 1.807) is 55.8 Å². The number of carbonyl (C=O) groups is 2. The van der Waals surface area contributed by atoms with Gasteiger partial charge >= 0.3 is 0 Å². The third-order valence-corrected chi connectivity index (χ3v) is 5.73. The zero-order valence-corrected chi connectivity index (χ0v) is 20.7. The van der Waals surface area contributed by atoms with Gasteiger partial charge in [-0.25, -0.2) is 0 Å². The first kappa shape index (κ1) is 25.4. The standard InChI is InChI=1S/C28H28N4O5/c1-35-22-10-11-25(36-2)23(15-22)26-16-24(31-37-26)28(34)32(19-20-7-4-3-5-8-20)14-12-27(33)30-18-21-9-6-13-29-17-21/h3-11,13,15-17H,12,14,18-19H2,1-2H3,(H,30,33). The Hall–Kier alpha value is -4.66. The topological polar surface area (TPSA) is 107 Å². The molecule has 4 rings (SSSR count). The molecular weight excluding hydrogens is 472 g/mol. The summed E-state index contributed by atoms with van der Waals surface area (Å²) in [5.74, 6) is 1.02. The molecule has 0 spiro atoms. The number of nitrogens with one attached hydrogen (secondary N) is 1. The van der Waals surface area contributed by atoms with Gasteiger partial charge < -0.3 is 24.2 Å². The lowest BCUT2D eigenvalue weighted by Gasteiger charge is -2.21. The molecule has 9 heteroatoms. The number of ether oxygens (including phenoxy) is 2. The van der Waals surface area contributed by atoms with E-state index < -0.39 is 0 Å². The molecule has 9 nitrogen and oxygen atoms in total. The van der Waals surface area contributed by atoms with E-state index in [9.17, 15) is 9.59 Å². The van der Waals surface area contributed by atoms with Crippen LogP contribution in [0.3, 0.4) is 0 Å². The van der Waals surface area contributed by atoms with Gasteiger partial charge in [0.1, 0.15) is 11.5 Å². The zero-order chi connectivity index (χ0) is 26.0. The summed E-state index contributed by atoms with van der Waals surface area (Å²) >= 11 is 0. The van der Waals surface area contributed by atoms with E-state index in [2.05, 4.69) is 15.5 Å². The molecule has 0 unspecified atom stereocenters. The van der Waals surface area contributed by atoms with Gasteiger partial charge in [-0.15, -0.1) is 0 Å². The number of methoxy groups -OCH3 is 2. The lowest BCUT2D eigenvalue weighted by molar-refractivity contribution is -0.121. The highest BCUT2D eigenvalue weighted by Crippen LogP contribution is 2.34. The van der Waals surface area contributed by atoms with E-state index in [1.807, 2.05) is 42.5 Å². The van der Waals surface area contributed by atoms with Gasteiger partial charge in [0.05, 0.1) is 19.8 Å². The number of benzene rings is 2. The minimum atomic E-state index is -0.347. The minimum Gasteiger partial charge on any atom is -0.497 e. The molecule has 0 atom stereocenters. The smallest absolute Gasteiger partial charge is 0.276 e. The van der Waals surface area contributed by atoms with Crippen LogP contribution < -0.4 is 14.8 Å². The fraction of sp³-hybridized carbons (Fsp3) is 0.214. The molecule has 2 aromatic carbocycles. The molecule has 0 aliphatic rings. The van der Waals surface area contributed by atoms with Crippen molar-refractivity contribution in [1.82, 2.24) is 20.4 Å². The normalized spacial score (nSPS) is 10.5. The molecule has 0 saturated heterocycles. The predicted molar refractivity (Wildman–Crippen MR) is 137 cm³/mol. The molecule has 2 amide bonds. The van der Waals surface area contributed by atoms with Crippen LogP contribution >= 0.6 is 0 Å². The molecule has 0 radical (unpaired) electrons. The second-order valence-electron chi connectivity index (χ2n) is 8.24. The number of amides is 2. The van der Waals surface area contributed by atoms with Crippen molar-refractivity contribution >= 4 is 11.8 Å². The summed E-state index contributed by atoms with van der Waals surface area (Å²) in [4.78, 5) is 31.6. The monoisotopic (exact) mass is 500 g/mol. The third-order valence-electron chi connectivity index (χ3n) is 5.73. The van der Waals surface area contributed by atoms with Crippen molar-refractivity contribution in [2.45, 2.75) is 19.5 Å². The maximum atomic E-state index is 13.5. The summed E-state index contributed by atoms with van der Waals surface area (Å²) in [7, 11) is 3.12. The number of rotatable bonds is 11. The average Bonchev–Trinajstić information content (AvgIpc) is 3.45. The van der Waals surface area contributed by atoms with E-state index in [-0.39, 0.29) is 30.5 Å². The van der Waals surface area contributed by atoms with Crippen molar-refractivity contribution in [3.8, 4) is 22.8 Å². The number of nitrogens with zero attached hydrogens (tertiary/aromatic N) is 3. The van der Waals surface area contributed by atoms with Crippen LogP contribution in [0.4, 0.5) is 0 Å². The SMILES string of the molecule is COc1ccc(OC)c(-c2cc(C(=O)N(CCC(=O)NCc3cccnc3)Cc3ccccc3)no2)c1. The maximum absolute atomic E-state index is 13.5. The van der Waals surface area contributed by atoms with Gasteiger partial charge in [-0.2, -0.15) is 0 Å². The summed E-state index contributed by atoms with van der Waals surface area (Å²) in [5.41, 5.74) is 2.57. The van der Waals surface area contributed by atoms with Crippen LogP contribution in [0.1, 0.15) is 28.0 Å². The molecule has 1 N–H and O–H groups in total. The van der Waals surface area contributed by atoms with E-state index in [1.165, 1.54) is 0 Å². The minimum absolute atomic E-state index is 0.131. The first-order valence-electron chi connectivity index (χ1n) is 11.8. The number of aromatic nitrogens is 2. The summed E-state index contributed by atoms with van der Waals surface area (Å²) in [6.07, 6.45) is 3.51. The first-order chi connectivity index (χ1) is 18.1. The molecular formula is C28H28N4O5. The van der Waals surface area contributed by atoms with Crippen molar-refractivity contribution in [2.24, 2.45) is 0 Å². The number of carbonyl (C=O) groups excluding carboxylic acids is 2. The Kier molecular flexibility index (Phi) is 8.49.